The number of hydrogen-bond acceptors (Lipinski definition) is 2. The fraction of sp³-hybridized carbons (Fsp3) is 0.286. The van der Waals surface area contributed by atoms with Gasteiger partial charge in [0, 0.05) is 15.0 Å². The molecule has 19 heavy (non-hydrogen) atoms. The molecule has 1 aromatic heterocycles. The molecular formula is C14H12Br2ClNS. The van der Waals surface area contributed by atoms with E-state index in [1.54, 1.807) is 0 Å². The molecule has 1 aliphatic rings. The normalized spacial score (nSPS) is 18.2. The lowest BCUT2D eigenvalue weighted by molar-refractivity contribution is 0.609. The van der Waals surface area contributed by atoms with Crippen LogP contribution in [0.25, 0.3) is 0 Å². The molecule has 0 saturated carbocycles. The minimum absolute atomic E-state index is 0.392. The van der Waals surface area contributed by atoms with Gasteiger partial charge in [0.05, 0.1) is 14.9 Å². The van der Waals surface area contributed by atoms with E-state index >= 15 is 0 Å². The molecule has 0 saturated heterocycles. The van der Waals surface area contributed by atoms with Gasteiger partial charge in [0.2, 0.25) is 0 Å². The molecule has 0 spiro atoms. The minimum Gasteiger partial charge on any atom is -0.378 e. The van der Waals surface area contributed by atoms with Gasteiger partial charge in [-0.15, -0.1) is 11.3 Å². The lowest BCUT2D eigenvalue weighted by Crippen LogP contribution is -2.15. The summed E-state index contributed by atoms with van der Waals surface area (Å²) in [5, 5.41) is 4.34. The molecule has 1 nitrogen and oxygen atoms in total. The van der Waals surface area contributed by atoms with Crippen molar-refractivity contribution in [2.24, 2.45) is 0 Å². The van der Waals surface area contributed by atoms with Gasteiger partial charge in [0.25, 0.3) is 0 Å². The van der Waals surface area contributed by atoms with Crippen molar-refractivity contribution in [1.29, 1.82) is 0 Å². The number of rotatable bonds is 2. The second kappa shape index (κ2) is 5.76. The third-order valence-corrected chi connectivity index (χ3v) is 6.29. The number of nitrogens with one attached hydrogen (secondary N) is 1. The summed E-state index contributed by atoms with van der Waals surface area (Å²) >= 11 is 15.0. The van der Waals surface area contributed by atoms with Crippen LogP contribution in [0.4, 0.5) is 5.69 Å². The van der Waals surface area contributed by atoms with Crippen molar-refractivity contribution in [3.63, 3.8) is 0 Å². The Labute approximate surface area is 138 Å². The molecule has 1 unspecified atom stereocenters. The highest BCUT2D eigenvalue weighted by molar-refractivity contribution is 9.11. The van der Waals surface area contributed by atoms with Crippen LogP contribution in [0.5, 0.6) is 0 Å². The Morgan fingerprint density at radius 2 is 2.11 bits per heavy atom. The summed E-state index contributed by atoms with van der Waals surface area (Å²) in [7, 11) is 0. The zero-order valence-electron chi connectivity index (χ0n) is 10.1. The summed E-state index contributed by atoms with van der Waals surface area (Å²) in [5.41, 5.74) is 2.51. The number of hydrogen-bond donors (Lipinski definition) is 1. The molecule has 100 valence electrons. The highest BCUT2D eigenvalue weighted by atomic mass is 79.9. The molecule has 0 aliphatic heterocycles. The van der Waals surface area contributed by atoms with Gasteiger partial charge >= 0.3 is 0 Å². The first-order chi connectivity index (χ1) is 9.13. The molecule has 5 heteroatoms. The average Bonchev–Trinajstić information content (AvgIpc) is 2.75. The Kier molecular flexibility index (Phi) is 4.22. The van der Waals surface area contributed by atoms with Gasteiger partial charge in [0.1, 0.15) is 0 Å². The first-order valence-electron chi connectivity index (χ1n) is 6.13. The van der Waals surface area contributed by atoms with Gasteiger partial charge in [0.15, 0.2) is 0 Å². The van der Waals surface area contributed by atoms with Gasteiger partial charge in [-0.25, -0.2) is 0 Å². The standard InChI is InChI=1S/C14H12Br2ClNS/c15-10-5-4-8(6-11(10)17)18-12-2-1-3-13-9(12)7-14(16)19-13/h4-7,12,18H,1-3H2. The Hall–Kier alpha value is -0.0300. The first-order valence-corrected chi connectivity index (χ1v) is 8.91. The number of halogens is 3. The average molecular weight is 422 g/mol. The topological polar surface area (TPSA) is 12.0 Å². The minimum atomic E-state index is 0.392. The Bertz CT molecular complexity index is 611. The predicted molar refractivity (Wildman–Crippen MR) is 90.5 cm³/mol. The molecule has 1 heterocycles. The maximum atomic E-state index is 6.14. The Balaban J connectivity index is 1.86. The van der Waals surface area contributed by atoms with Crippen molar-refractivity contribution in [3.05, 3.63) is 48.0 Å². The predicted octanol–water partition coefficient (Wildman–Crippen LogP) is 6.42. The maximum absolute atomic E-state index is 6.14. The third kappa shape index (κ3) is 3.02. The fourth-order valence-electron chi connectivity index (χ4n) is 2.46. The molecule has 0 amide bonds. The van der Waals surface area contributed by atoms with E-state index in [1.807, 2.05) is 23.5 Å². The van der Waals surface area contributed by atoms with Crippen LogP contribution in [0, 0.1) is 0 Å². The number of benzene rings is 1. The van der Waals surface area contributed by atoms with Crippen molar-refractivity contribution in [2.75, 3.05) is 5.32 Å². The summed E-state index contributed by atoms with van der Waals surface area (Å²) in [6, 6.07) is 8.66. The molecule has 0 fully saturated rings. The van der Waals surface area contributed by atoms with E-state index in [0.29, 0.717) is 6.04 Å². The lowest BCUT2D eigenvalue weighted by atomic mass is 9.94. The summed E-state index contributed by atoms with van der Waals surface area (Å²) in [6.45, 7) is 0. The number of anilines is 1. The van der Waals surface area contributed by atoms with E-state index in [9.17, 15) is 0 Å². The summed E-state index contributed by atoms with van der Waals surface area (Å²) in [5.74, 6) is 0. The Morgan fingerprint density at radius 3 is 2.89 bits per heavy atom. The monoisotopic (exact) mass is 419 g/mol. The smallest absolute Gasteiger partial charge is 0.0705 e. The van der Waals surface area contributed by atoms with E-state index in [0.717, 1.165) is 15.2 Å². The van der Waals surface area contributed by atoms with Gasteiger partial charge in [-0.05, 0) is 81.0 Å². The molecule has 3 rings (SSSR count). The van der Waals surface area contributed by atoms with Crippen molar-refractivity contribution in [2.45, 2.75) is 25.3 Å². The van der Waals surface area contributed by atoms with Crippen molar-refractivity contribution in [3.8, 4) is 0 Å². The zero-order chi connectivity index (χ0) is 13.4. The third-order valence-electron chi connectivity index (χ3n) is 3.34. The van der Waals surface area contributed by atoms with Crippen molar-refractivity contribution < 1.29 is 0 Å². The van der Waals surface area contributed by atoms with Crippen LogP contribution in [0.2, 0.25) is 5.02 Å². The summed E-state index contributed by atoms with van der Waals surface area (Å²) in [4.78, 5) is 1.50. The molecule has 0 bridgehead atoms. The second-order valence-corrected chi connectivity index (χ2v) is 8.42. The van der Waals surface area contributed by atoms with Gasteiger partial charge in [-0.2, -0.15) is 0 Å². The molecule has 2 aromatic rings. The zero-order valence-corrected chi connectivity index (χ0v) is 14.8. The van der Waals surface area contributed by atoms with Gasteiger partial charge < -0.3 is 5.32 Å². The fourth-order valence-corrected chi connectivity index (χ4v) is 4.71. The SMILES string of the molecule is Clc1cc(NC2CCCc3sc(Br)cc32)ccc1Br. The van der Waals surface area contributed by atoms with Crippen LogP contribution in [0.1, 0.15) is 29.3 Å². The van der Waals surface area contributed by atoms with E-state index in [4.69, 9.17) is 11.6 Å². The first kappa shape index (κ1) is 13.9. The van der Waals surface area contributed by atoms with Crippen LogP contribution in [0.3, 0.4) is 0 Å². The van der Waals surface area contributed by atoms with Crippen LogP contribution in [-0.2, 0) is 6.42 Å². The van der Waals surface area contributed by atoms with Crippen LogP contribution >= 0.6 is 54.8 Å². The molecular weight excluding hydrogens is 409 g/mol. The largest absolute Gasteiger partial charge is 0.378 e. The highest BCUT2D eigenvalue weighted by Gasteiger charge is 2.22. The van der Waals surface area contributed by atoms with Gasteiger partial charge in [-0.1, -0.05) is 11.6 Å². The summed E-state index contributed by atoms with van der Waals surface area (Å²) in [6.07, 6.45) is 3.61. The number of aryl methyl sites for hydroxylation is 1. The Morgan fingerprint density at radius 1 is 1.26 bits per heavy atom. The van der Waals surface area contributed by atoms with Crippen LogP contribution < -0.4 is 5.32 Å². The molecule has 1 N–H and O–H groups in total. The van der Waals surface area contributed by atoms with Crippen LogP contribution in [0.15, 0.2) is 32.5 Å². The van der Waals surface area contributed by atoms with Crippen molar-refractivity contribution in [1.82, 2.24) is 0 Å². The number of thiophene rings is 1. The van der Waals surface area contributed by atoms with Crippen LogP contribution in [-0.4, -0.2) is 0 Å². The number of fused-ring (bicyclic) bond motifs is 1. The van der Waals surface area contributed by atoms with Crippen molar-refractivity contribution >= 4 is 60.5 Å². The quantitative estimate of drug-likeness (QED) is 0.590. The molecule has 1 atom stereocenters. The molecule has 1 aliphatic carbocycles. The van der Waals surface area contributed by atoms with E-state index in [2.05, 4.69) is 49.3 Å². The molecule has 1 aromatic carbocycles. The second-order valence-electron chi connectivity index (χ2n) is 4.65. The lowest BCUT2D eigenvalue weighted by Gasteiger charge is -2.24. The van der Waals surface area contributed by atoms with E-state index in [-0.39, 0.29) is 0 Å². The summed E-state index contributed by atoms with van der Waals surface area (Å²) < 4.78 is 2.15. The molecule has 0 radical (unpaired) electrons. The van der Waals surface area contributed by atoms with Gasteiger partial charge in [-0.3, -0.25) is 0 Å². The highest BCUT2D eigenvalue weighted by Crippen LogP contribution is 2.40. The van der Waals surface area contributed by atoms with E-state index in [1.165, 1.54) is 33.5 Å². The maximum Gasteiger partial charge on any atom is 0.0705 e. The van der Waals surface area contributed by atoms with E-state index < -0.39 is 0 Å².